The molecule has 1 atom stereocenters. The molecular weight excluding hydrogens is 347 g/mol. The van der Waals surface area contributed by atoms with Crippen LogP contribution in [-0.4, -0.2) is 30.7 Å². The van der Waals surface area contributed by atoms with E-state index in [-0.39, 0.29) is 29.8 Å². The average Bonchev–Trinajstić information content (AvgIpc) is 3.05. The van der Waals surface area contributed by atoms with E-state index < -0.39 is 5.92 Å². The molecule has 0 bridgehead atoms. The van der Waals surface area contributed by atoms with Gasteiger partial charge in [0, 0.05) is 30.8 Å². The molecule has 1 aliphatic heterocycles. The van der Waals surface area contributed by atoms with E-state index >= 15 is 0 Å². The molecule has 3 rings (SSSR count). The van der Waals surface area contributed by atoms with Gasteiger partial charge in [0.25, 0.3) is 0 Å². The number of ketones is 1. The largest absolute Gasteiger partial charge is 0.355 e. The summed E-state index contributed by atoms with van der Waals surface area (Å²) in [5.41, 5.74) is 2.21. The third kappa shape index (κ3) is 4.58. The zero-order valence-corrected chi connectivity index (χ0v) is 15.1. The summed E-state index contributed by atoms with van der Waals surface area (Å²) in [6.45, 7) is 2.24. The summed E-state index contributed by atoms with van der Waals surface area (Å²) in [4.78, 5) is 37.6. The van der Waals surface area contributed by atoms with Crippen LogP contribution in [0.4, 0.5) is 10.1 Å². The van der Waals surface area contributed by atoms with E-state index in [9.17, 15) is 18.8 Å². The van der Waals surface area contributed by atoms with Gasteiger partial charge in [-0.2, -0.15) is 0 Å². The Morgan fingerprint density at radius 1 is 1.11 bits per heavy atom. The number of amides is 2. The average molecular weight is 368 g/mol. The van der Waals surface area contributed by atoms with Crippen molar-refractivity contribution in [3.8, 4) is 0 Å². The van der Waals surface area contributed by atoms with E-state index in [2.05, 4.69) is 5.32 Å². The molecule has 2 amide bonds. The Balaban J connectivity index is 1.53. The quantitative estimate of drug-likeness (QED) is 0.798. The van der Waals surface area contributed by atoms with Crippen LogP contribution in [0.2, 0.25) is 0 Å². The van der Waals surface area contributed by atoms with Gasteiger partial charge in [-0.3, -0.25) is 14.4 Å². The Kier molecular flexibility index (Phi) is 5.64. The molecule has 0 aliphatic carbocycles. The summed E-state index contributed by atoms with van der Waals surface area (Å²) in [6, 6.07) is 13.0. The SMILES string of the molecule is CC(=O)c1ccc(N2CC(C(=O)NCCc3ccc(F)cc3)CC2=O)cc1. The van der Waals surface area contributed by atoms with Crippen LogP contribution in [0.3, 0.4) is 0 Å². The van der Waals surface area contributed by atoms with Crippen molar-refractivity contribution in [2.75, 3.05) is 18.0 Å². The zero-order chi connectivity index (χ0) is 19.4. The number of hydrogen-bond donors (Lipinski definition) is 1. The summed E-state index contributed by atoms with van der Waals surface area (Å²) in [7, 11) is 0. The van der Waals surface area contributed by atoms with E-state index in [1.807, 2.05) is 0 Å². The maximum Gasteiger partial charge on any atom is 0.227 e. The molecule has 27 heavy (non-hydrogen) atoms. The van der Waals surface area contributed by atoms with E-state index in [1.54, 1.807) is 41.3 Å². The highest BCUT2D eigenvalue weighted by atomic mass is 19.1. The number of Topliss-reactive ketones (excluding diaryl/α,β-unsaturated/α-hetero) is 1. The monoisotopic (exact) mass is 368 g/mol. The molecule has 0 radical (unpaired) electrons. The third-order valence-corrected chi connectivity index (χ3v) is 4.71. The highest BCUT2D eigenvalue weighted by molar-refractivity contribution is 6.01. The van der Waals surface area contributed by atoms with Crippen LogP contribution < -0.4 is 10.2 Å². The summed E-state index contributed by atoms with van der Waals surface area (Å²) in [5, 5.41) is 2.85. The van der Waals surface area contributed by atoms with Gasteiger partial charge in [-0.15, -0.1) is 0 Å². The van der Waals surface area contributed by atoms with Gasteiger partial charge in [-0.1, -0.05) is 12.1 Å². The molecule has 1 aliphatic rings. The molecule has 2 aromatic carbocycles. The van der Waals surface area contributed by atoms with Crippen molar-refractivity contribution in [1.82, 2.24) is 5.32 Å². The van der Waals surface area contributed by atoms with Crippen LogP contribution in [0.15, 0.2) is 48.5 Å². The van der Waals surface area contributed by atoms with E-state index in [0.717, 1.165) is 5.56 Å². The number of hydrogen-bond acceptors (Lipinski definition) is 3. The number of carbonyl (C=O) groups is 3. The van der Waals surface area contributed by atoms with E-state index in [0.29, 0.717) is 30.8 Å². The maximum absolute atomic E-state index is 12.9. The Morgan fingerprint density at radius 3 is 2.41 bits per heavy atom. The predicted octanol–water partition coefficient (Wildman–Crippen LogP) is 2.74. The Labute approximate surface area is 157 Å². The first-order valence-corrected chi connectivity index (χ1v) is 8.87. The van der Waals surface area contributed by atoms with Crippen LogP contribution in [0, 0.1) is 11.7 Å². The smallest absolute Gasteiger partial charge is 0.227 e. The lowest BCUT2D eigenvalue weighted by atomic mass is 10.1. The van der Waals surface area contributed by atoms with Crippen LogP contribution in [-0.2, 0) is 16.0 Å². The van der Waals surface area contributed by atoms with Gasteiger partial charge >= 0.3 is 0 Å². The maximum atomic E-state index is 12.9. The number of benzene rings is 2. The lowest BCUT2D eigenvalue weighted by Gasteiger charge is -2.17. The lowest BCUT2D eigenvalue weighted by molar-refractivity contribution is -0.126. The van der Waals surface area contributed by atoms with Crippen molar-refractivity contribution < 1.29 is 18.8 Å². The fraction of sp³-hybridized carbons (Fsp3) is 0.286. The Bertz CT molecular complexity index is 847. The topological polar surface area (TPSA) is 66.5 Å². The first kappa shape index (κ1) is 18.8. The molecule has 1 fully saturated rings. The molecule has 1 N–H and O–H groups in total. The molecule has 0 aromatic heterocycles. The second-order valence-electron chi connectivity index (χ2n) is 6.68. The molecule has 0 spiro atoms. The number of nitrogens with zero attached hydrogens (tertiary/aromatic N) is 1. The number of carbonyl (C=O) groups excluding carboxylic acids is 3. The van der Waals surface area contributed by atoms with Gasteiger partial charge in [0.05, 0.1) is 5.92 Å². The molecule has 1 saturated heterocycles. The second-order valence-corrected chi connectivity index (χ2v) is 6.68. The molecule has 5 nitrogen and oxygen atoms in total. The Hall–Kier alpha value is -3.02. The predicted molar refractivity (Wildman–Crippen MR) is 100 cm³/mol. The Morgan fingerprint density at radius 2 is 1.78 bits per heavy atom. The standard InChI is InChI=1S/C21H21FN2O3/c1-14(25)16-4-8-19(9-5-16)24-13-17(12-20(24)26)21(27)23-11-10-15-2-6-18(22)7-3-15/h2-9,17H,10-13H2,1H3,(H,23,27). The van der Waals surface area contributed by atoms with Crippen molar-refractivity contribution in [3.05, 3.63) is 65.5 Å². The fourth-order valence-corrected chi connectivity index (χ4v) is 3.13. The lowest BCUT2D eigenvalue weighted by Crippen LogP contribution is -2.34. The van der Waals surface area contributed by atoms with Gasteiger partial charge < -0.3 is 10.2 Å². The third-order valence-electron chi connectivity index (χ3n) is 4.71. The van der Waals surface area contributed by atoms with E-state index in [4.69, 9.17) is 0 Å². The highest BCUT2D eigenvalue weighted by Gasteiger charge is 2.34. The van der Waals surface area contributed by atoms with Crippen molar-refractivity contribution in [1.29, 1.82) is 0 Å². The minimum absolute atomic E-state index is 0.0345. The molecule has 140 valence electrons. The van der Waals surface area contributed by atoms with Gasteiger partial charge in [0.15, 0.2) is 5.78 Å². The van der Waals surface area contributed by atoms with Crippen molar-refractivity contribution in [2.24, 2.45) is 5.92 Å². The zero-order valence-electron chi connectivity index (χ0n) is 15.1. The molecule has 6 heteroatoms. The molecule has 1 unspecified atom stereocenters. The highest BCUT2D eigenvalue weighted by Crippen LogP contribution is 2.25. The van der Waals surface area contributed by atoms with Crippen LogP contribution in [0.5, 0.6) is 0 Å². The molecule has 1 heterocycles. The number of halogens is 1. The first-order valence-electron chi connectivity index (χ1n) is 8.87. The minimum atomic E-state index is -0.404. The van der Waals surface area contributed by atoms with Gasteiger partial charge in [-0.25, -0.2) is 4.39 Å². The number of rotatable bonds is 6. The van der Waals surface area contributed by atoms with E-state index in [1.165, 1.54) is 19.1 Å². The van der Waals surface area contributed by atoms with Crippen LogP contribution in [0.1, 0.15) is 29.3 Å². The number of anilines is 1. The molecular formula is C21H21FN2O3. The normalized spacial score (nSPS) is 16.4. The van der Waals surface area contributed by atoms with Gasteiger partial charge in [-0.05, 0) is 55.3 Å². The molecule has 0 saturated carbocycles. The van der Waals surface area contributed by atoms with Crippen molar-refractivity contribution in [3.63, 3.8) is 0 Å². The van der Waals surface area contributed by atoms with Gasteiger partial charge in [0.1, 0.15) is 5.82 Å². The summed E-state index contributed by atoms with van der Waals surface area (Å²) < 4.78 is 12.9. The summed E-state index contributed by atoms with van der Waals surface area (Å²) >= 11 is 0. The fourth-order valence-electron chi connectivity index (χ4n) is 3.13. The van der Waals surface area contributed by atoms with Gasteiger partial charge in [0.2, 0.25) is 11.8 Å². The van der Waals surface area contributed by atoms with Crippen molar-refractivity contribution >= 4 is 23.3 Å². The number of nitrogens with one attached hydrogen (secondary N) is 1. The van der Waals surface area contributed by atoms with Crippen LogP contribution >= 0.6 is 0 Å². The minimum Gasteiger partial charge on any atom is -0.355 e. The van der Waals surface area contributed by atoms with Crippen molar-refractivity contribution in [2.45, 2.75) is 19.8 Å². The second kappa shape index (κ2) is 8.12. The summed E-state index contributed by atoms with van der Waals surface area (Å²) in [6.07, 6.45) is 0.764. The molecule has 2 aromatic rings. The first-order chi connectivity index (χ1) is 12.9. The summed E-state index contributed by atoms with van der Waals surface area (Å²) in [5.74, 6) is -0.993. The van der Waals surface area contributed by atoms with Crippen LogP contribution in [0.25, 0.3) is 0 Å².